The van der Waals surface area contributed by atoms with Gasteiger partial charge in [0.05, 0.1) is 6.10 Å². The Bertz CT molecular complexity index is 1120. The number of aliphatic hydroxyl groups excluding tert-OH is 1. The molecule has 2 aromatic carbocycles. The van der Waals surface area contributed by atoms with E-state index in [-0.39, 0.29) is 5.82 Å². The number of benzene rings is 2. The molecule has 136 valence electrons. The van der Waals surface area contributed by atoms with Crippen molar-refractivity contribution < 1.29 is 19.4 Å². The van der Waals surface area contributed by atoms with E-state index in [1.54, 1.807) is 0 Å². The fourth-order valence-electron chi connectivity index (χ4n) is 2.94. The molecule has 0 bridgehead atoms. The van der Waals surface area contributed by atoms with E-state index in [1.807, 2.05) is 54.6 Å². The molecule has 7 nitrogen and oxygen atoms in total. The third-order valence-corrected chi connectivity index (χ3v) is 4.29. The lowest BCUT2D eigenvalue weighted by Crippen LogP contribution is -2.39. The van der Waals surface area contributed by atoms with E-state index in [4.69, 9.17) is 4.42 Å². The molecule has 3 N–H and O–H groups in total. The standard InChI is InChI=1S/C20H17N3O4/c1-11(24)15(20(25)26)21-19-17-16(13-9-5-6-10-14(13)27-17)22-18(23-19)12-7-3-2-4-8-12/h2-11,15,24H,1H3,(H,25,26)(H,21,22,23)/t11?,15-/m0/s1. The molecule has 0 saturated heterocycles. The van der Waals surface area contributed by atoms with Crippen LogP contribution in [0, 0.1) is 0 Å². The predicted octanol–water partition coefficient (Wildman–Crippen LogP) is 3.29. The number of hydrogen-bond donors (Lipinski definition) is 3. The number of aromatic nitrogens is 2. The van der Waals surface area contributed by atoms with Gasteiger partial charge in [-0.15, -0.1) is 0 Å². The lowest BCUT2D eigenvalue weighted by atomic mass is 10.1. The molecule has 2 aromatic heterocycles. The highest BCUT2D eigenvalue weighted by Gasteiger charge is 2.26. The summed E-state index contributed by atoms with van der Waals surface area (Å²) in [4.78, 5) is 20.6. The van der Waals surface area contributed by atoms with E-state index in [2.05, 4.69) is 15.3 Å². The van der Waals surface area contributed by atoms with Crippen molar-refractivity contribution in [3.63, 3.8) is 0 Å². The number of carboxylic acids is 1. The van der Waals surface area contributed by atoms with Crippen LogP contribution in [0.2, 0.25) is 0 Å². The fourth-order valence-corrected chi connectivity index (χ4v) is 2.94. The number of rotatable bonds is 5. The highest BCUT2D eigenvalue weighted by atomic mass is 16.4. The molecule has 0 saturated carbocycles. The molecule has 0 spiro atoms. The monoisotopic (exact) mass is 363 g/mol. The van der Waals surface area contributed by atoms with Gasteiger partial charge >= 0.3 is 5.97 Å². The molecule has 7 heteroatoms. The van der Waals surface area contributed by atoms with Crippen molar-refractivity contribution in [2.75, 3.05) is 5.32 Å². The smallest absolute Gasteiger partial charge is 0.328 e. The van der Waals surface area contributed by atoms with E-state index < -0.39 is 18.1 Å². The minimum atomic E-state index is -1.24. The van der Waals surface area contributed by atoms with Gasteiger partial charge in [-0.2, -0.15) is 0 Å². The Morgan fingerprint density at radius 3 is 2.48 bits per heavy atom. The second kappa shape index (κ2) is 6.69. The number of para-hydroxylation sites is 1. The lowest BCUT2D eigenvalue weighted by Gasteiger charge is -2.18. The molecule has 2 heterocycles. The summed E-state index contributed by atoms with van der Waals surface area (Å²) in [6.07, 6.45) is -1.13. The zero-order chi connectivity index (χ0) is 19.0. The van der Waals surface area contributed by atoms with Gasteiger partial charge in [-0.1, -0.05) is 42.5 Å². The number of aliphatic hydroxyl groups is 1. The van der Waals surface area contributed by atoms with Gasteiger partial charge in [0, 0.05) is 10.9 Å². The Labute approximate surface area is 154 Å². The van der Waals surface area contributed by atoms with Crippen LogP contribution in [0.4, 0.5) is 5.82 Å². The van der Waals surface area contributed by atoms with Crippen LogP contribution in [0.15, 0.2) is 59.0 Å². The van der Waals surface area contributed by atoms with Crippen LogP contribution in [0.25, 0.3) is 33.5 Å². The first-order chi connectivity index (χ1) is 13.0. The third kappa shape index (κ3) is 3.09. The van der Waals surface area contributed by atoms with Crippen LogP contribution in [0.5, 0.6) is 0 Å². The number of carboxylic acid groups (broad SMARTS) is 1. The molecule has 2 atom stereocenters. The summed E-state index contributed by atoms with van der Waals surface area (Å²) in [6, 6.07) is 15.6. The molecular weight excluding hydrogens is 346 g/mol. The Morgan fingerprint density at radius 1 is 1.07 bits per heavy atom. The van der Waals surface area contributed by atoms with E-state index >= 15 is 0 Å². The summed E-state index contributed by atoms with van der Waals surface area (Å²) in [5.74, 6) is -0.524. The minimum Gasteiger partial charge on any atom is -0.480 e. The maximum atomic E-state index is 11.5. The molecule has 1 unspecified atom stereocenters. The Hall–Kier alpha value is -3.45. The third-order valence-electron chi connectivity index (χ3n) is 4.29. The number of nitrogens with zero attached hydrogens (tertiary/aromatic N) is 2. The molecule has 27 heavy (non-hydrogen) atoms. The number of nitrogens with one attached hydrogen (secondary N) is 1. The average Bonchev–Trinajstić information content (AvgIpc) is 3.05. The first kappa shape index (κ1) is 17.0. The lowest BCUT2D eigenvalue weighted by molar-refractivity contribution is -0.140. The molecule has 0 aliphatic heterocycles. The van der Waals surface area contributed by atoms with Crippen LogP contribution in [0.3, 0.4) is 0 Å². The van der Waals surface area contributed by atoms with Gasteiger partial charge in [0.2, 0.25) is 0 Å². The van der Waals surface area contributed by atoms with Crippen molar-refractivity contribution in [2.45, 2.75) is 19.1 Å². The van der Waals surface area contributed by atoms with Gasteiger partial charge < -0.3 is 19.9 Å². The largest absolute Gasteiger partial charge is 0.480 e. The van der Waals surface area contributed by atoms with Gasteiger partial charge in [0.15, 0.2) is 23.3 Å². The van der Waals surface area contributed by atoms with Crippen molar-refractivity contribution >= 4 is 33.9 Å². The maximum Gasteiger partial charge on any atom is 0.328 e. The number of carbonyl (C=O) groups is 1. The van der Waals surface area contributed by atoms with Crippen LogP contribution < -0.4 is 5.32 Å². The van der Waals surface area contributed by atoms with E-state index in [9.17, 15) is 15.0 Å². The summed E-state index contributed by atoms with van der Waals surface area (Å²) in [7, 11) is 0. The Kier molecular flexibility index (Phi) is 4.21. The van der Waals surface area contributed by atoms with Gasteiger partial charge in [-0.25, -0.2) is 14.8 Å². The number of anilines is 1. The van der Waals surface area contributed by atoms with E-state index in [0.29, 0.717) is 22.5 Å². The summed E-state index contributed by atoms with van der Waals surface area (Å²) >= 11 is 0. The van der Waals surface area contributed by atoms with Crippen LogP contribution in [-0.2, 0) is 4.79 Å². The molecular formula is C20H17N3O4. The summed E-state index contributed by atoms with van der Waals surface area (Å²) in [5, 5.41) is 22.8. The quantitative estimate of drug-likeness (QED) is 0.499. The van der Waals surface area contributed by atoms with Gasteiger partial charge in [0.25, 0.3) is 0 Å². The van der Waals surface area contributed by atoms with Crippen molar-refractivity contribution in [3.8, 4) is 11.4 Å². The number of fused-ring (bicyclic) bond motifs is 3. The van der Waals surface area contributed by atoms with Crippen LogP contribution >= 0.6 is 0 Å². The van der Waals surface area contributed by atoms with Crippen molar-refractivity contribution in [3.05, 3.63) is 54.6 Å². The van der Waals surface area contributed by atoms with Gasteiger partial charge in [-0.05, 0) is 19.1 Å². The molecule has 0 radical (unpaired) electrons. The fraction of sp³-hybridized carbons (Fsp3) is 0.150. The zero-order valence-corrected chi connectivity index (χ0v) is 14.5. The highest BCUT2D eigenvalue weighted by molar-refractivity contribution is 6.06. The van der Waals surface area contributed by atoms with Crippen LogP contribution in [-0.4, -0.2) is 38.3 Å². The van der Waals surface area contributed by atoms with Crippen molar-refractivity contribution in [2.24, 2.45) is 0 Å². The average molecular weight is 363 g/mol. The van der Waals surface area contributed by atoms with Crippen molar-refractivity contribution in [1.82, 2.24) is 9.97 Å². The second-order valence-corrected chi connectivity index (χ2v) is 6.24. The van der Waals surface area contributed by atoms with E-state index in [1.165, 1.54) is 6.92 Å². The summed E-state index contributed by atoms with van der Waals surface area (Å²) < 4.78 is 5.87. The molecule has 4 aromatic rings. The van der Waals surface area contributed by atoms with Crippen molar-refractivity contribution in [1.29, 1.82) is 0 Å². The number of furan rings is 1. The van der Waals surface area contributed by atoms with Gasteiger partial charge in [-0.3, -0.25) is 0 Å². The summed E-state index contributed by atoms with van der Waals surface area (Å²) in [6.45, 7) is 1.40. The molecule has 0 aliphatic rings. The molecule has 0 amide bonds. The maximum absolute atomic E-state index is 11.5. The van der Waals surface area contributed by atoms with E-state index in [0.717, 1.165) is 10.9 Å². The van der Waals surface area contributed by atoms with Gasteiger partial charge in [0.1, 0.15) is 11.1 Å². The predicted molar refractivity (Wildman–Crippen MR) is 101 cm³/mol. The topological polar surface area (TPSA) is 108 Å². The molecule has 0 fully saturated rings. The number of aliphatic carboxylic acids is 1. The first-order valence-electron chi connectivity index (χ1n) is 8.46. The molecule has 4 rings (SSSR count). The SMILES string of the molecule is CC(O)[C@H](Nc1nc(-c2ccccc2)nc2c1oc1ccccc12)C(=O)O. The molecule has 0 aliphatic carbocycles. The summed E-state index contributed by atoms with van der Waals surface area (Å²) in [5.41, 5.74) is 2.34. The normalized spacial score (nSPS) is 13.6. The second-order valence-electron chi connectivity index (χ2n) is 6.24. The van der Waals surface area contributed by atoms with Crippen LogP contribution in [0.1, 0.15) is 6.92 Å². The number of hydrogen-bond acceptors (Lipinski definition) is 6. The minimum absolute atomic E-state index is 0.225. The Morgan fingerprint density at radius 2 is 1.78 bits per heavy atom. The Balaban J connectivity index is 1.96. The first-order valence-corrected chi connectivity index (χ1v) is 8.46. The zero-order valence-electron chi connectivity index (χ0n) is 14.5. The highest BCUT2D eigenvalue weighted by Crippen LogP contribution is 2.33.